The molecule has 2 atom stereocenters. The van der Waals surface area contributed by atoms with E-state index in [-0.39, 0.29) is 11.8 Å². The summed E-state index contributed by atoms with van der Waals surface area (Å²) in [7, 11) is 1.93. The van der Waals surface area contributed by atoms with E-state index in [9.17, 15) is 9.59 Å². The van der Waals surface area contributed by atoms with Gasteiger partial charge in [0.1, 0.15) is 0 Å². The van der Waals surface area contributed by atoms with Crippen molar-refractivity contribution in [2.24, 2.45) is 5.92 Å². The quantitative estimate of drug-likeness (QED) is 0.922. The molecule has 2 aromatic rings. The van der Waals surface area contributed by atoms with E-state index in [2.05, 4.69) is 17.1 Å². The van der Waals surface area contributed by atoms with Crippen molar-refractivity contribution in [3.05, 3.63) is 36.0 Å². The molecule has 0 unspecified atom stereocenters. The van der Waals surface area contributed by atoms with Gasteiger partial charge in [-0.3, -0.25) is 9.59 Å². The Morgan fingerprint density at radius 1 is 1.27 bits per heavy atom. The van der Waals surface area contributed by atoms with Crippen molar-refractivity contribution in [2.45, 2.75) is 44.6 Å². The van der Waals surface area contributed by atoms with Crippen LogP contribution in [0.1, 0.15) is 37.7 Å². The molecule has 138 valence electrons. The Morgan fingerprint density at radius 3 is 3.00 bits per heavy atom. The summed E-state index contributed by atoms with van der Waals surface area (Å²) < 4.78 is 0. The van der Waals surface area contributed by atoms with Gasteiger partial charge in [-0.25, -0.2) is 0 Å². The predicted molar refractivity (Wildman–Crippen MR) is 102 cm³/mol. The van der Waals surface area contributed by atoms with Crippen LogP contribution >= 0.6 is 0 Å². The van der Waals surface area contributed by atoms with Crippen LogP contribution in [0, 0.1) is 5.92 Å². The maximum absolute atomic E-state index is 12.8. The molecule has 1 aromatic carbocycles. The Hall–Kier alpha value is -2.30. The lowest BCUT2D eigenvalue weighted by Gasteiger charge is -2.41. The summed E-state index contributed by atoms with van der Waals surface area (Å²) in [6.45, 7) is 1.57. The summed E-state index contributed by atoms with van der Waals surface area (Å²) in [6, 6.07) is 8.54. The molecule has 2 aliphatic rings. The molecule has 4 rings (SSSR count). The van der Waals surface area contributed by atoms with Crippen LogP contribution in [0.25, 0.3) is 10.9 Å². The molecule has 26 heavy (non-hydrogen) atoms. The number of aromatic nitrogens is 1. The molecular weight excluding hydrogens is 326 g/mol. The summed E-state index contributed by atoms with van der Waals surface area (Å²) in [4.78, 5) is 32.1. The fourth-order valence-electron chi connectivity index (χ4n) is 4.65. The number of aryl methyl sites for hydroxylation is 1. The number of carbonyl (C=O) groups is 2. The van der Waals surface area contributed by atoms with Gasteiger partial charge in [-0.1, -0.05) is 18.2 Å². The smallest absolute Gasteiger partial charge is 0.222 e. The first-order valence-corrected chi connectivity index (χ1v) is 9.72. The number of rotatable bonds is 3. The van der Waals surface area contributed by atoms with Gasteiger partial charge in [-0.15, -0.1) is 0 Å². The van der Waals surface area contributed by atoms with Gasteiger partial charge < -0.3 is 14.8 Å². The van der Waals surface area contributed by atoms with E-state index in [1.807, 2.05) is 35.2 Å². The topological polar surface area (TPSA) is 56.4 Å². The number of carbonyl (C=O) groups excluding carboxylic acids is 2. The monoisotopic (exact) mass is 353 g/mol. The van der Waals surface area contributed by atoms with Crippen LogP contribution in [0.3, 0.4) is 0 Å². The van der Waals surface area contributed by atoms with Gasteiger partial charge in [0.25, 0.3) is 0 Å². The minimum Gasteiger partial charge on any atom is -0.361 e. The molecular formula is C21H27N3O2. The van der Waals surface area contributed by atoms with Gasteiger partial charge in [0.05, 0.1) is 0 Å². The highest BCUT2D eigenvalue weighted by Gasteiger charge is 2.36. The maximum Gasteiger partial charge on any atom is 0.222 e. The van der Waals surface area contributed by atoms with Gasteiger partial charge in [-0.05, 0) is 43.2 Å². The zero-order valence-electron chi connectivity index (χ0n) is 15.4. The standard InChI is InChI=1S/C21H27N3O2/c1-23-19-11-12-24(14-16(19)5-4-8-20(23)25)21(26)10-9-15-13-22-18-7-3-2-6-17(15)18/h2-3,6-7,13,16,19,22H,4-5,8-12,14H2,1H3/t16-,19-/m1/s1. The van der Waals surface area contributed by atoms with Crippen molar-refractivity contribution in [1.29, 1.82) is 0 Å². The van der Waals surface area contributed by atoms with Gasteiger partial charge in [0.2, 0.25) is 11.8 Å². The Labute approximate surface area is 154 Å². The molecule has 0 aliphatic carbocycles. The summed E-state index contributed by atoms with van der Waals surface area (Å²) in [5.41, 5.74) is 2.34. The zero-order chi connectivity index (χ0) is 18.1. The van der Waals surface area contributed by atoms with Gasteiger partial charge >= 0.3 is 0 Å². The van der Waals surface area contributed by atoms with Crippen LogP contribution in [0.5, 0.6) is 0 Å². The number of benzene rings is 1. The molecule has 0 spiro atoms. The van der Waals surface area contributed by atoms with Crippen molar-refractivity contribution in [3.8, 4) is 0 Å². The first kappa shape index (κ1) is 17.1. The second-order valence-corrected chi connectivity index (χ2v) is 7.71. The summed E-state index contributed by atoms with van der Waals surface area (Å²) >= 11 is 0. The molecule has 0 saturated carbocycles. The minimum atomic E-state index is 0.243. The van der Waals surface area contributed by atoms with Gasteiger partial charge in [-0.2, -0.15) is 0 Å². The van der Waals surface area contributed by atoms with Crippen LogP contribution in [0.15, 0.2) is 30.5 Å². The predicted octanol–water partition coefficient (Wildman–Crippen LogP) is 2.96. The van der Waals surface area contributed by atoms with E-state index in [1.54, 1.807) is 0 Å². The highest BCUT2D eigenvalue weighted by atomic mass is 16.2. The molecule has 5 nitrogen and oxygen atoms in total. The molecule has 2 amide bonds. The van der Waals surface area contributed by atoms with Gasteiger partial charge in [0, 0.05) is 56.1 Å². The van der Waals surface area contributed by atoms with Crippen molar-refractivity contribution < 1.29 is 9.59 Å². The molecule has 5 heteroatoms. The maximum atomic E-state index is 12.8. The SMILES string of the molecule is CN1C(=O)CCC[C@@H]2CN(C(=O)CCc3c[nH]c4ccccc34)CC[C@H]21. The third-order valence-electron chi connectivity index (χ3n) is 6.19. The molecule has 1 N–H and O–H groups in total. The number of fused-ring (bicyclic) bond motifs is 2. The highest BCUT2D eigenvalue weighted by molar-refractivity contribution is 5.84. The molecule has 0 bridgehead atoms. The molecule has 0 radical (unpaired) electrons. The third kappa shape index (κ3) is 3.22. The lowest BCUT2D eigenvalue weighted by atomic mass is 9.88. The third-order valence-corrected chi connectivity index (χ3v) is 6.19. The Balaban J connectivity index is 1.38. The van der Waals surface area contributed by atoms with E-state index in [0.717, 1.165) is 44.3 Å². The minimum absolute atomic E-state index is 0.243. The Kier molecular flexibility index (Phi) is 4.70. The van der Waals surface area contributed by atoms with E-state index in [0.29, 0.717) is 24.8 Å². The van der Waals surface area contributed by atoms with Crippen LogP contribution in [-0.2, 0) is 16.0 Å². The van der Waals surface area contributed by atoms with E-state index in [1.165, 1.54) is 10.9 Å². The number of hydrogen-bond acceptors (Lipinski definition) is 2. The largest absolute Gasteiger partial charge is 0.361 e. The second-order valence-electron chi connectivity index (χ2n) is 7.71. The van der Waals surface area contributed by atoms with Crippen molar-refractivity contribution in [1.82, 2.24) is 14.8 Å². The van der Waals surface area contributed by atoms with E-state index >= 15 is 0 Å². The van der Waals surface area contributed by atoms with E-state index < -0.39 is 0 Å². The molecule has 2 saturated heterocycles. The average molecular weight is 353 g/mol. The fraction of sp³-hybridized carbons (Fsp3) is 0.524. The van der Waals surface area contributed by atoms with Crippen LogP contribution in [-0.4, -0.2) is 52.8 Å². The zero-order valence-corrected chi connectivity index (χ0v) is 15.4. The first-order valence-electron chi connectivity index (χ1n) is 9.72. The number of likely N-dealkylation sites (tertiary alicyclic amines) is 2. The number of nitrogens with one attached hydrogen (secondary N) is 1. The van der Waals surface area contributed by atoms with Crippen LogP contribution < -0.4 is 0 Å². The number of amides is 2. The van der Waals surface area contributed by atoms with Crippen LogP contribution in [0.4, 0.5) is 0 Å². The van der Waals surface area contributed by atoms with Crippen molar-refractivity contribution in [2.75, 3.05) is 20.1 Å². The van der Waals surface area contributed by atoms with Crippen LogP contribution in [0.2, 0.25) is 0 Å². The lowest BCUT2D eigenvalue weighted by molar-refractivity contribution is -0.136. The number of para-hydroxylation sites is 1. The molecule has 3 heterocycles. The van der Waals surface area contributed by atoms with Crippen molar-refractivity contribution in [3.63, 3.8) is 0 Å². The Bertz CT molecular complexity index is 812. The molecule has 2 aliphatic heterocycles. The number of aromatic amines is 1. The Morgan fingerprint density at radius 2 is 2.12 bits per heavy atom. The molecule has 2 fully saturated rings. The average Bonchev–Trinajstić information content (AvgIpc) is 3.02. The molecule has 1 aromatic heterocycles. The normalized spacial score (nSPS) is 23.8. The highest BCUT2D eigenvalue weighted by Crippen LogP contribution is 2.30. The fourth-order valence-corrected chi connectivity index (χ4v) is 4.65. The number of nitrogens with zero attached hydrogens (tertiary/aromatic N) is 2. The first-order chi connectivity index (χ1) is 12.6. The second kappa shape index (κ2) is 7.14. The number of H-pyrrole nitrogens is 1. The van der Waals surface area contributed by atoms with E-state index in [4.69, 9.17) is 0 Å². The van der Waals surface area contributed by atoms with Gasteiger partial charge in [0.15, 0.2) is 0 Å². The van der Waals surface area contributed by atoms with Crippen molar-refractivity contribution >= 4 is 22.7 Å². The summed E-state index contributed by atoms with van der Waals surface area (Å²) in [5, 5.41) is 1.21. The number of piperidine rings is 1. The summed E-state index contributed by atoms with van der Waals surface area (Å²) in [5.74, 6) is 0.931. The lowest BCUT2D eigenvalue weighted by Crippen LogP contribution is -2.51. The number of hydrogen-bond donors (Lipinski definition) is 1. The summed E-state index contributed by atoms with van der Waals surface area (Å²) in [6.07, 6.45) is 6.90.